The molecule has 24 heavy (non-hydrogen) atoms. The fourth-order valence-corrected chi connectivity index (χ4v) is 4.04. The number of ether oxygens (including phenoxy) is 3. The third-order valence-corrected chi connectivity index (χ3v) is 5.13. The van der Waals surface area contributed by atoms with Gasteiger partial charge in [-0.1, -0.05) is 0 Å². The van der Waals surface area contributed by atoms with Crippen LogP contribution in [-0.4, -0.2) is 45.4 Å². The predicted molar refractivity (Wildman–Crippen MR) is 89.9 cm³/mol. The molecular formula is C18H27N2O4+. The van der Waals surface area contributed by atoms with Gasteiger partial charge in [0, 0.05) is 24.4 Å². The molecule has 1 aromatic rings. The molecule has 2 bridgehead atoms. The monoisotopic (exact) mass is 335 g/mol. The number of hydrogen-bond acceptors (Lipinski definition) is 4. The number of rotatable bonds is 5. The number of benzene rings is 1. The number of quaternary nitrogens is 1. The Hall–Kier alpha value is -1.95. The molecule has 0 spiro atoms. The van der Waals surface area contributed by atoms with Crippen LogP contribution in [0.3, 0.4) is 0 Å². The Morgan fingerprint density at radius 1 is 1.04 bits per heavy atom. The highest BCUT2D eigenvalue weighted by atomic mass is 16.5. The molecule has 0 aromatic heterocycles. The number of hydrogen-bond donors (Lipinski definition) is 2. The average Bonchev–Trinajstić information content (AvgIpc) is 2.59. The number of fused-ring (bicyclic) bond motifs is 2. The van der Waals surface area contributed by atoms with Crippen LogP contribution in [0.5, 0.6) is 17.2 Å². The van der Waals surface area contributed by atoms with Crippen molar-refractivity contribution < 1.29 is 24.3 Å². The van der Waals surface area contributed by atoms with Crippen LogP contribution in [0, 0.1) is 0 Å². The Labute approximate surface area is 142 Å². The van der Waals surface area contributed by atoms with Gasteiger partial charge < -0.3 is 24.8 Å². The molecule has 2 heterocycles. The summed E-state index contributed by atoms with van der Waals surface area (Å²) in [5.74, 6) is 1.41. The largest absolute Gasteiger partial charge is 0.493 e. The van der Waals surface area contributed by atoms with E-state index in [2.05, 4.69) is 10.6 Å². The molecule has 6 nitrogen and oxygen atoms in total. The van der Waals surface area contributed by atoms with Gasteiger partial charge in [-0.15, -0.1) is 0 Å². The van der Waals surface area contributed by atoms with Gasteiger partial charge in [0.05, 0.1) is 33.4 Å². The third kappa shape index (κ3) is 3.43. The lowest BCUT2D eigenvalue weighted by Crippen LogP contribution is -2.98. The van der Waals surface area contributed by atoms with Crippen LogP contribution in [0.15, 0.2) is 12.1 Å². The Kier molecular flexibility index (Phi) is 5.14. The molecular weight excluding hydrogens is 308 g/mol. The molecule has 3 rings (SSSR count). The van der Waals surface area contributed by atoms with E-state index in [-0.39, 0.29) is 11.9 Å². The van der Waals surface area contributed by atoms with Gasteiger partial charge in [0.25, 0.3) is 5.91 Å². The van der Waals surface area contributed by atoms with Crippen molar-refractivity contribution >= 4 is 5.91 Å². The van der Waals surface area contributed by atoms with E-state index in [0.717, 1.165) is 12.8 Å². The van der Waals surface area contributed by atoms with Crippen molar-refractivity contribution in [2.24, 2.45) is 0 Å². The van der Waals surface area contributed by atoms with Gasteiger partial charge >= 0.3 is 0 Å². The second-order valence-corrected chi connectivity index (χ2v) is 6.70. The van der Waals surface area contributed by atoms with Crippen molar-refractivity contribution in [1.29, 1.82) is 0 Å². The first-order chi connectivity index (χ1) is 11.6. The minimum Gasteiger partial charge on any atom is -0.493 e. The SMILES string of the molecule is COc1cc(C(=O)NC2C[C@H]3CCC[C@H](C2)[NH2+]3)cc(OC)c1OC. The van der Waals surface area contributed by atoms with E-state index in [4.69, 9.17) is 14.2 Å². The molecule has 2 saturated heterocycles. The second-order valence-electron chi connectivity index (χ2n) is 6.70. The molecule has 2 aliphatic heterocycles. The zero-order chi connectivity index (χ0) is 17.1. The highest BCUT2D eigenvalue weighted by Crippen LogP contribution is 2.38. The normalized spacial score (nSPS) is 25.7. The Morgan fingerprint density at radius 3 is 2.12 bits per heavy atom. The summed E-state index contributed by atoms with van der Waals surface area (Å²) in [5, 5.41) is 5.68. The number of nitrogens with one attached hydrogen (secondary N) is 1. The first-order valence-electron chi connectivity index (χ1n) is 8.60. The summed E-state index contributed by atoms with van der Waals surface area (Å²) in [5.41, 5.74) is 0.532. The number of methoxy groups -OCH3 is 3. The molecule has 2 fully saturated rings. The fraction of sp³-hybridized carbons (Fsp3) is 0.611. The van der Waals surface area contributed by atoms with E-state index in [1.165, 1.54) is 19.3 Å². The molecule has 132 valence electrons. The van der Waals surface area contributed by atoms with E-state index >= 15 is 0 Å². The summed E-state index contributed by atoms with van der Waals surface area (Å²) in [6.45, 7) is 0. The van der Waals surface area contributed by atoms with Gasteiger partial charge in [-0.05, 0) is 31.4 Å². The van der Waals surface area contributed by atoms with E-state index in [9.17, 15) is 4.79 Å². The summed E-state index contributed by atoms with van der Waals surface area (Å²) in [6, 6.07) is 4.96. The molecule has 1 amide bonds. The van der Waals surface area contributed by atoms with E-state index < -0.39 is 0 Å². The quantitative estimate of drug-likeness (QED) is 0.845. The maximum Gasteiger partial charge on any atom is 0.251 e. The molecule has 1 aromatic carbocycles. The number of amides is 1. The summed E-state index contributed by atoms with van der Waals surface area (Å²) >= 11 is 0. The molecule has 0 saturated carbocycles. The lowest BCUT2D eigenvalue weighted by Gasteiger charge is -2.37. The zero-order valence-corrected chi connectivity index (χ0v) is 14.6. The van der Waals surface area contributed by atoms with Crippen molar-refractivity contribution in [3.8, 4) is 17.2 Å². The number of carbonyl (C=O) groups excluding carboxylic acids is 1. The minimum absolute atomic E-state index is 0.0840. The first kappa shape index (κ1) is 16.9. The maximum atomic E-state index is 12.7. The molecule has 2 aliphatic rings. The second kappa shape index (κ2) is 7.30. The van der Waals surface area contributed by atoms with Crippen molar-refractivity contribution in [2.45, 2.75) is 50.2 Å². The van der Waals surface area contributed by atoms with Crippen LogP contribution < -0.4 is 24.8 Å². The number of piperidine rings is 2. The van der Waals surface area contributed by atoms with Gasteiger partial charge in [0.2, 0.25) is 5.75 Å². The van der Waals surface area contributed by atoms with Gasteiger partial charge in [0.1, 0.15) is 0 Å². The molecule has 3 N–H and O–H groups in total. The summed E-state index contributed by atoms with van der Waals surface area (Å²) in [6.07, 6.45) is 5.93. The minimum atomic E-state index is -0.0840. The standard InChI is InChI=1S/C18H26N2O4/c1-22-15-7-11(8-16(23-2)17(15)24-3)18(21)20-14-9-12-5-4-6-13(10-14)19-12/h7-8,12-14,19H,4-6,9-10H2,1-3H3,(H,20,21)/p+1/t12-,13-/m1/s1. The molecule has 0 unspecified atom stereocenters. The highest BCUT2D eigenvalue weighted by Gasteiger charge is 2.35. The lowest BCUT2D eigenvalue weighted by molar-refractivity contribution is -0.739. The average molecular weight is 335 g/mol. The topological polar surface area (TPSA) is 73.4 Å². The van der Waals surface area contributed by atoms with Gasteiger partial charge in [-0.25, -0.2) is 0 Å². The number of carbonyl (C=O) groups is 1. The van der Waals surface area contributed by atoms with E-state index in [1.807, 2.05) is 0 Å². The van der Waals surface area contributed by atoms with Crippen molar-refractivity contribution in [2.75, 3.05) is 21.3 Å². The summed E-state index contributed by atoms with van der Waals surface area (Å²) in [4.78, 5) is 12.7. The van der Waals surface area contributed by atoms with Crippen molar-refractivity contribution in [3.05, 3.63) is 17.7 Å². The smallest absolute Gasteiger partial charge is 0.251 e. The van der Waals surface area contributed by atoms with Crippen LogP contribution >= 0.6 is 0 Å². The van der Waals surface area contributed by atoms with Crippen LogP contribution in [0.25, 0.3) is 0 Å². The first-order valence-corrected chi connectivity index (χ1v) is 8.60. The van der Waals surface area contributed by atoms with Crippen molar-refractivity contribution in [3.63, 3.8) is 0 Å². The molecule has 2 atom stereocenters. The zero-order valence-electron chi connectivity index (χ0n) is 14.6. The van der Waals surface area contributed by atoms with Crippen LogP contribution in [0.1, 0.15) is 42.5 Å². The molecule has 0 aliphatic carbocycles. The van der Waals surface area contributed by atoms with Gasteiger partial charge in [0.15, 0.2) is 11.5 Å². The third-order valence-electron chi connectivity index (χ3n) is 5.13. The molecule has 0 radical (unpaired) electrons. The number of nitrogens with two attached hydrogens (primary N) is 1. The Bertz CT molecular complexity index is 568. The predicted octanol–water partition coefficient (Wildman–Crippen LogP) is 1.09. The van der Waals surface area contributed by atoms with E-state index in [0.29, 0.717) is 34.9 Å². The Morgan fingerprint density at radius 2 is 1.62 bits per heavy atom. The molecule has 6 heteroatoms. The van der Waals surface area contributed by atoms with E-state index in [1.54, 1.807) is 33.5 Å². The van der Waals surface area contributed by atoms with Gasteiger partial charge in [-0.2, -0.15) is 0 Å². The lowest BCUT2D eigenvalue weighted by atomic mass is 9.84. The van der Waals surface area contributed by atoms with Crippen LogP contribution in [0.4, 0.5) is 0 Å². The fourth-order valence-electron chi connectivity index (χ4n) is 4.04. The maximum absolute atomic E-state index is 12.7. The van der Waals surface area contributed by atoms with Crippen molar-refractivity contribution in [1.82, 2.24) is 5.32 Å². The Balaban J connectivity index is 1.75. The van der Waals surface area contributed by atoms with Crippen LogP contribution in [0.2, 0.25) is 0 Å². The highest BCUT2D eigenvalue weighted by molar-refractivity contribution is 5.95. The van der Waals surface area contributed by atoms with Gasteiger partial charge in [-0.3, -0.25) is 4.79 Å². The van der Waals surface area contributed by atoms with Crippen LogP contribution in [-0.2, 0) is 0 Å². The summed E-state index contributed by atoms with van der Waals surface area (Å²) in [7, 11) is 4.66. The summed E-state index contributed by atoms with van der Waals surface area (Å²) < 4.78 is 16.0.